The van der Waals surface area contributed by atoms with Crippen LogP contribution in [0.5, 0.6) is 0 Å². The molecular weight excluding hydrogens is 726 g/mol. The monoisotopic (exact) mass is 779 g/mol. The summed E-state index contributed by atoms with van der Waals surface area (Å²) in [5, 5.41) is 36.7. The number of aliphatic hydroxyl groups excluding tert-OH is 3. The maximum absolute atomic E-state index is 11.9. The Hall–Kier alpha value is -3.59. The second-order valence-corrected chi connectivity index (χ2v) is 14.3. The summed E-state index contributed by atoms with van der Waals surface area (Å²) >= 11 is 0. The number of hydrogen-bond acceptors (Lipinski definition) is 15. The van der Waals surface area contributed by atoms with Crippen LogP contribution < -0.4 is 22.9 Å². The third-order valence-electron chi connectivity index (χ3n) is 10.4. The number of aliphatic hydroxyl groups is 3. The van der Waals surface area contributed by atoms with E-state index in [0.717, 1.165) is 16.7 Å². The van der Waals surface area contributed by atoms with Crippen LogP contribution in [-0.2, 0) is 53.0 Å². The number of azide groups is 1. The van der Waals surface area contributed by atoms with Crippen molar-refractivity contribution in [3.05, 3.63) is 118 Å². The summed E-state index contributed by atoms with van der Waals surface area (Å²) in [6, 6.07) is 25.9. The minimum atomic E-state index is -1.46. The molecule has 0 unspecified atom stereocenters. The van der Waals surface area contributed by atoms with Crippen molar-refractivity contribution in [2.24, 2.45) is 28.0 Å². The zero-order valence-corrected chi connectivity index (χ0v) is 30.9. The lowest BCUT2D eigenvalue weighted by atomic mass is 9.84. The molecule has 3 aromatic rings. The van der Waals surface area contributed by atoms with Crippen molar-refractivity contribution in [3.63, 3.8) is 0 Å². The van der Waals surface area contributed by atoms with Gasteiger partial charge >= 0.3 is 0 Å². The Balaban J connectivity index is 1.31. The number of nitrogens with zero attached hydrogens (tertiary/aromatic N) is 3. The first-order valence-corrected chi connectivity index (χ1v) is 18.8. The third kappa shape index (κ3) is 10.3. The van der Waals surface area contributed by atoms with E-state index in [4.69, 9.17) is 56.1 Å². The van der Waals surface area contributed by atoms with Gasteiger partial charge in [-0.3, -0.25) is 0 Å². The normalized spacial score (nSPS) is 36.1. The molecule has 3 aliphatic rings. The summed E-state index contributed by atoms with van der Waals surface area (Å²) in [6.07, 6.45) is -13.4. The van der Waals surface area contributed by atoms with E-state index in [-0.39, 0.29) is 39.3 Å². The largest absolute Gasteiger partial charge is 0.388 e. The summed E-state index contributed by atoms with van der Waals surface area (Å²) in [7, 11) is 0. The predicted octanol–water partition coefficient (Wildman–Crippen LogP) is 0.700. The van der Waals surface area contributed by atoms with Crippen molar-refractivity contribution < 1.29 is 48.5 Å². The highest BCUT2D eigenvalue weighted by Gasteiger charge is 2.53. The molecule has 2 saturated heterocycles. The fraction of sp³-hybridized carbons (Fsp3) is 0.538. The number of ether oxygens (including phenoxy) is 7. The second-order valence-electron chi connectivity index (χ2n) is 14.3. The van der Waals surface area contributed by atoms with Crippen molar-refractivity contribution in [1.29, 1.82) is 0 Å². The van der Waals surface area contributed by atoms with E-state index in [9.17, 15) is 20.9 Å². The summed E-state index contributed by atoms with van der Waals surface area (Å²) < 4.78 is 45.0. The Labute approximate surface area is 325 Å². The molecule has 17 heteroatoms. The SMILES string of the molecule is [N-]=[N+]=NC[C@H]1O[C@H](O[C@@H]2[C@@H](O)[C@H](O[C@H]3O[C@H](CN)[C@@H](O)[C@H](O)[C@H]3N)[C@@H](N)C[C@H]2N)[C@@H](OCc2ccccc2)[C@@H](OCc2ccccc2)[C@@H]1OCc1ccccc1. The fourth-order valence-electron chi connectivity index (χ4n) is 7.34. The Morgan fingerprint density at radius 1 is 0.607 bits per heavy atom. The zero-order valence-electron chi connectivity index (χ0n) is 30.9. The molecule has 11 N–H and O–H groups in total. The van der Waals surface area contributed by atoms with Gasteiger partial charge in [0.25, 0.3) is 0 Å². The van der Waals surface area contributed by atoms with E-state index >= 15 is 0 Å². The summed E-state index contributed by atoms with van der Waals surface area (Å²) in [6.45, 7) is 0.232. The van der Waals surface area contributed by atoms with Crippen LogP contribution >= 0.6 is 0 Å². The number of benzene rings is 3. The average molecular weight is 780 g/mol. The molecule has 0 aromatic heterocycles. The molecule has 15 atom stereocenters. The van der Waals surface area contributed by atoms with Gasteiger partial charge in [-0.25, -0.2) is 0 Å². The molecule has 2 heterocycles. The van der Waals surface area contributed by atoms with Crippen LogP contribution in [0.1, 0.15) is 23.1 Å². The Bertz CT molecular complexity index is 1660. The summed E-state index contributed by atoms with van der Waals surface area (Å²) in [5.41, 5.74) is 37.1. The third-order valence-corrected chi connectivity index (χ3v) is 10.4. The Morgan fingerprint density at radius 2 is 1.07 bits per heavy atom. The molecule has 2 aliphatic heterocycles. The minimum absolute atomic E-state index is 0.120. The molecule has 0 amide bonds. The van der Waals surface area contributed by atoms with Crippen molar-refractivity contribution in [2.45, 2.75) is 118 Å². The Kier molecular flexibility index (Phi) is 15.2. The smallest absolute Gasteiger partial charge is 0.187 e. The fourth-order valence-corrected chi connectivity index (χ4v) is 7.34. The van der Waals surface area contributed by atoms with Gasteiger partial charge in [0.05, 0.1) is 38.5 Å². The summed E-state index contributed by atoms with van der Waals surface area (Å²) in [4.78, 5) is 2.99. The van der Waals surface area contributed by atoms with E-state index in [1.165, 1.54) is 0 Å². The first-order valence-electron chi connectivity index (χ1n) is 18.8. The quantitative estimate of drug-likeness (QED) is 0.0599. The van der Waals surface area contributed by atoms with Gasteiger partial charge in [-0.15, -0.1) is 0 Å². The van der Waals surface area contributed by atoms with Gasteiger partial charge in [0, 0.05) is 23.5 Å². The van der Waals surface area contributed by atoms with E-state index in [2.05, 4.69) is 10.0 Å². The van der Waals surface area contributed by atoms with Crippen LogP contribution in [0.4, 0.5) is 0 Å². The molecule has 0 bridgehead atoms. The topological polar surface area (TPSA) is 278 Å². The molecule has 0 radical (unpaired) electrons. The van der Waals surface area contributed by atoms with Gasteiger partial charge in [-0.2, -0.15) is 0 Å². The van der Waals surface area contributed by atoms with Crippen molar-refractivity contribution in [2.75, 3.05) is 13.1 Å². The van der Waals surface area contributed by atoms with Crippen LogP contribution in [0.25, 0.3) is 10.4 Å². The zero-order chi connectivity index (χ0) is 39.6. The van der Waals surface area contributed by atoms with Crippen molar-refractivity contribution in [1.82, 2.24) is 0 Å². The molecule has 1 aliphatic carbocycles. The first-order chi connectivity index (χ1) is 27.2. The molecule has 6 rings (SSSR count). The molecule has 3 aromatic carbocycles. The lowest BCUT2D eigenvalue weighted by Crippen LogP contribution is -2.69. The number of nitrogens with two attached hydrogens (primary N) is 4. The molecule has 17 nitrogen and oxygen atoms in total. The maximum Gasteiger partial charge on any atom is 0.187 e. The molecule has 0 spiro atoms. The highest BCUT2D eigenvalue weighted by molar-refractivity contribution is 5.16. The van der Waals surface area contributed by atoms with E-state index in [0.29, 0.717) is 0 Å². The second kappa shape index (κ2) is 20.2. The van der Waals surface area contributed by atoms with E-state index < -0.39 is 91.7 Å². The first kappa shape index (κ1) is 42.0. The maximum atomic E-state index is 11.9. The van der Waals surface area contributed by atoms with Gasteiger partial charge in [0.2, 0.25) is 0 Å². The molecule has 304 valence electrons. The van der Waals surface area contributed by atoms with Gasteiger partial charge in [0.15, 0.2) is 12.6 Å². The lowest BCUT2D eigenvalue weighted by molar-refractivity contribution is -0.344. The lowest BCUT2D eigenvalue weighted by Gasteiger charge is -2.49. The van der Waals surface area contributed by atoms with Gasteiger partial charge in [0.1, 0.15) is 54.9 Å². The van der Waals surface area contributed by atoms with E-state index in [1.54, 1.807) is 0 Å². The molecule has 1 saturated carbocycles. The number of hydrogen-bond donors (Lipinski definition) is 7. The highest BCUT2D eigenvalue weighted by Crippen LogP contribution is 2.35. The summed E-state index contributed by atoms with van der Waals surface area (Å²) in [5.74, 6) is 0. The molecule has 56 heavy (non-hydrogen) atoms. The van der Waals surface area contributed by atoms with Crippen molar-refractivity contribution in [3.8, 4) is 0 Å². The highest BCUT2D eigenvalue weighted by atomic mass is 16.7. The van der Waals surface area contributed by atoms with Crippen molar-refractivity contribution >= 4 is 0 Å². The minimum Gasteiger partial charge on any atom is -0.388 e. The van der Waals surface area contributed by atoms with Crippen LogP contribution in [0.15, 0.2) is 96.1 Å². The van der Waals surface area contributed by atoms with Gasteiger partial charge in [-0.05, 0) is 28.6 Å². The van der Waals surface area contributed by atoms with E-state index in [1.807, 2.05) is 91.0 Å². The molecular formula is C39H53N7O10. The standard InChI is InChI=1S/C39H53N7O10/c40-17-27-30(47)31(48)29(43)38(53-27)55-33-25(41)16-26(42)34(32(33)49)56-39-37(52-21-24-14-8-3-9-15-24)36(51-20-23-12-6-2-7-13-23)35(28(54-39)18-45-46-44)50-19-22-10-4-1-5-11-22/h1-15,25-39,47-49H,16-21,40-43H2/t25-,26+,27+,28+,29+,30+,31+,32-,33+,34-,35+,36-,37-,38+,39+/m0/s1. The van der Waals surface area contributed by atoms with Crippen LogP contribution in [0.3, 0.4) is 0 Å². The van der Waals surface area contributed by atoms with Gasteiger partial charge in [-0.1, -0.05) is 96.1 Å². The van der Waals surface area contributed by atoms with Crippen LogP contribution in [0, 0.1) is 0 Å². The average Bonchev–Trinajstić information content (AvgIpc) is 3.22. The van der Waals surface area contributed by atoms with Gasteiger partial charge < -0.3 is 71.4 Å². The number of rotatable bonds is 16. The Morgan fingerprint density at radius 3 is 1.57 bits per heavy atom. The predicted molar refractivity (Wildman–Crippen MR) is 202 cm³/mol. The van der Waals surface area contributed by atoms with Crippen LogP contribution in [-0.4, -0.2) is 120 Å². The molecule has 3 fully saturated rings. The van der Waals surface area contributed by atoms with Crippen LogP contribution in [0.2, 0.25) is 0 Å².